The maximum atomic E-state index is 9.68. The third kappa shape index (κ3) is 4.57. The van der Waals surface area contributed by atoms with Gasteiger partial charge in [-0.3, -0.25) is 5.43 Å². The number of phenolic OH excluding ortho intramolecular Hbond substituents is 1. The first-order valence-electron chi connectivity index (χ1n) is 7.38. The second-order valence-electron chi connectivity index (χ2n) is 4.93. The van der Waals surface area contributed by atoms with Crippen molar-refractivity contribution in [2.24, 2.45) is 5.10 Å². The molecule has 3 rings (SSSR count). The highest BCUT2D eigenvalue weighted by atomic mass is 32.2. The molecule has 1 heterocycles. The zero-order valence-corrected chi connectivity index (χ0v) is 13.6. The van der Waals surface area contributed by atoms with Gasteiger partial charge in [0.15, 0.2) is 11.0 Å². The summed E-state index contributed by atoms with van der Waals surface area (Å²) in [7, 11) is 0. The van der Waals surface area contributed by atoms with Crippen LogP contribution in [0.25, 0.3) is 0 Å². The highest BCUT2D eigenvalue weighted by Gasteiger charge is 2.01. The van der Waals surface area contributed by atoms with Crippen molar-refractivity contribution >= 4 is 23.8 Å². The van der Waals surface area contributed by atoms with Gasteiger partial charge in [0.2, 0.25) is 0 Å². The van der Waals surface area contributed by atoms with Crippen LogP contribution in [0.3, 0.4) is 0 Å². The summed E-state index contributed by atoms with van der Waals surface area (Å²) in [6.07, 6.45) is 3.24. The van der Waals surface area contributed by atoms with Gasteiger partial charge in [-0.15, -0.1) is 0 Å². The van der Waals surface area contributed by atoms with Gasteiger partial charge in [-0.1, -0.05) is 54.2 Å². The fraction of sp³-hybridized carbons (Fsp3) is 0.0556. The Bertz CT molecular complexity index is 824. The molecule has 0 saturated heterocycles. The average Bonchev–Trinajstić information content (AvgIpc) is 2.63. The number of aromatic hydroxyl groups is 1. The number of nitrogens with zero attached hydrogens (tertiary/aromatic N) is 3. The van der Waals surface area contributed by atoms with E-state index in [0.717, 1.165) is 5.75 Å². The first-order chi connectivity index (χ1) is 11.8. The predicted molar refractivity (Wildman–Crippen MR) is 97.4 cm³/mol. The maximum Gasteiger partial charge on any atom is 0.189 e. The second-order valence-corrected chi connectivity index (χ2v) is 5.87. The van der Waals surface area contributed by atoms with Gasteiger partial charge in [-0.2, -0.15) is 5.10 Å². The van der Waals surface area contributed by atoms with Gasteiger partial charge in [0.1, 0.15) is 5.75 Å². The van der Waals surface area contributed by atoms with Gasteiger partial charge in [-0.05, 0) is 17.7 Å². The molecule has 0 spiro atoms. The van der Waals surface area contributed by atoms with Crippen molar-refractivity contribution in [3.05, 3.63) is 78.0 Å². The number of rotatable bonds is 6. The molecule has 0 bridgehead atoms. The summed E-state index contributed by atoms with van der Waals surface area (Å²) >= 11 is 1.57. The van der Waals surface area contributed by atoms with E-state index >= 15 is 0 Å². The van der Waals surface area contributed by atoms with Crippen molar-refractivity contribution in [2.75, 3.05) is 5.43 Å². The van der Waals surface area contributed by atoms with Crippen LogP contribution in [0.1, 0.15) is 11.1 Å². The fourth-order valence-corrected chi connectivity index (χ4v) is 2.75. The minimum atomic E-state index is 0.185. The van der Waals surface area contributed by atoms with Crippen LogP contribution in [0.4, 0.5) is 5.82 Å². The zero-order valence-electron chi connectivity index (χ0n) is 12.8. The molecule has 0 atom stereocenters. The molecule has 0 aliphatic heterocycles. The highest BCUT2D eigenvalue weighted by molar-refractivity contribution is 7.98. The van der Waals surface area contributed by atoms with Crippen LogP contribution < -0.4 is 5.43 Å². The molecule has 0 radical (unpaired) electrons. The van der Waals surface area contributed by atoms with E-state index in [4.69, 9.17) is 0 Å². The Morgan fingerprint density at radius 2 is 1.83 bits per heavy atom. The fourth-order valence-electron chi connectivity index (χ4n) is 1.96. The molecule has 3 aromatic rings. The molecule has 0 saturated carbocycles. The summed E-state index contributed by atoms with van der Waals surface area (Å²) in [5.74, 6) is 1.60. The predicted octanol–water partition coefficient (Wildman–Crippen LogP) is 3.92. The first-order valence-corrected chi connectivity index (χ1v) is 8.37. The largest absolute Gasteiger partial charge is 0.507 e. The van der Waals surface area contributed by atoms with E-state index in [2.05, 4.69) is 32.6 Å². The zero-order chi connectivity index (χ0) is 16.6. The summed E-state index contributed by atoms with van der Waals surface area (Å²) in [5, 5.41) is 14.5. The van der Waals surface area contributed by atoms with Crippen LogP contribution in [0.2, 0.25) is 0 Å². The average molecular weight is 336 g/mol. The summed E-state index contributed by atoms with van der Waals surface area (Å²) in [5.41, 5.74) is 4.71. The number of benzene rings is 2. The number of hydrazone groups is 1. The summed E-state index contributed by atoms with van der Waals surface area (Å²) in [6.45, 7) is 0. The van der Waals surface area contributed by atoms with Crippen LogP contribution in [0, 0.1) is 0 Å². The van der Waals surface area contributed by atoms with Gasteiger partial charge >= 0.3 is 0 Å². The molecule has 120 valence electrons. The van der Waals surface area contributed by atoms with E-state index < -0.39 is 0 Å². The van der Waals surface area contributed by atoms with E-state index in [0.29, 0.717) is 16.5 Å². The van der Waals surface area contributed by atoms with E-state index in [1.165, 1.54) is 5.56 Å². The highest BCUT2D eigenvalue weighted by Crippen LogP contribution is 2.20. The van der Waals surface area contributed by atoms with E-state index in [9.17, 15) is 5.11 Å². The lowest BCUT2D eigenvalue weighted by molar-refractivity contribution is 0.474. The number of hydrogen-bond acceptors (Lipinski definition) is 6. The van der Waals surface area contributed by atoms with E-state index in [1.54, 1.807) is 48.4 Å². The quantitative estimate of drug-likeness (QED) is 0.309. The number of aromatic nitrogens is 2. The Kier molecular flexibility index (Phi) is 5.42. The van der Waals surface area contributed by atoms with Gasteiger partial charge < -0.3 is 5.11 Å². The van der Waals surface area contributed by atoms with Crippen molar-refractivity contribution in [1.29, 1.82) is 0 Å². The minimum absolute atomic E-state index is 0.185. The molecule has 0 aliphatic carbocycles. The van der Waals surface area contributed by atoms with Crippen molar-refractivity contribution in [1.82, 2.24) is 9.97 Å². The van der Waals surface area contributed by atoms with Crippen molar-refractivity contribution in [3.63, 3.8) is 0 Å². The molecule has 2 aromatic carbocycles. The Morgan fingerprint density at radius 1 is 1.04 bits per heavy atom. The summed E-state index contributed by atoms with van der Waals surface area (Å²) in [6, 6.07) is 18.9. The van der Waals surface area contributed by atoms with E-state index in [1.807, 2.05) is 24.3 Å². The third-order valence-corrected chi connectivity index (χ3v) is 4.10. The number of para-hydroxylation sites is 1. The Balaban J connectivity index is 1.60. The topological polar surface area (TPSA) is 70.4 Å². The molecule has 5 nitrogen and oxygen atoms in total. The van der Waals surface area contributed by atoms with Crippen molar-refractivity contribution in [2.45, 2.75) is 10.9 Å². The minimum Gasteiger partial charge on any atom is -0.507 e. The molecular formula is C18H16N4OS. The number of hydrogen-bond donors (Lipinski definition) is 2. The monoisotopic (exact) mass is 336 g/mol. The molecule has 24 heavy (non-hydrogen) atoms. The van der Waals surface area contributed by atoms with Crippen LogP contribution in [-0.4, -0.2) is 21.3 Å². The maximum absolute atomic E-state index is 9.68. The number of nitrogens with one attached hydrogen (secondary N) is 1. The summed E-state index contributed by atoms with van der Waals surface area (Å²) < 4.78 is 0. The molecule has 0 fully saturated rings. The molecule has 2 N–H and O–H groups in total. The molecule has 0 amide bonds. The smallest absolute Gasteiger partial charge is 0.189 e. The molecule has 0 aliphatic rings. The Hall–Kier alpha value is -2.86. The number of phenols is 1. The first kappa shape index (κ1) is 16.0. The van der Waals surface area contributed by atoms with Crippen molar-refractivity contribution < 1.29 is 5.11 Å². The molecule has 1 aromatic heterocycles. The third-order valence-electron chi connectivity index (χ3n) is 3.16. The van der Waals surface area contributed by atoms with Crippen LogP contribution in [-0.2, 0) is 5.75 Å². The van der Waals surface area contributed by atoms with Crippen LogP contribution in [0.5, 0.6) is 5.75 Å². The lowest BCUT2D eigenvalue weighted by Crippen LogP contribution is -1.96. The van der Waals surface area contributed by atoms with Gasteiger partial charge in [-0.25, -0.2) is 9.97 Å². The van der Waals surface area contributed by atoms with Gasteiger partial charge in [0.25, 0.3) is 0 Å². The van der Waals surface area contributed by atoms with E-state index in [-0.39, 0.29) is 5.75 Å². The lowest BCUT2D eigenvalue weighted by Gasteiger charge is -2.03. The molecule has 6 heteroatoms. The molecular weight excluding hydrogens is 320 g/mol. The van der Waals surface area contributed by atoms with Crippen LogP contribution >= 0.6 is 11.8 Å². The van der Waals surface area contributed by atoms with Crippen molar-refractivity contribution in [3.8, 4) is 5.75 Å². The SMILES string of the molecule is Oc1ccccc1/C=N/Nc1ccnc(SCc2ccccc2)n1. The number of anilines is 1. The Labute approximate surface area is 144 Å². The normalized spacial score (nSPS) is 10.8. The van der Waals surface area contributed by atoms with Gasteiger partial charge in [0.05, 0.1) is 6.21 Å². The second kappa shape index (κ2) is 8.12. The van der Waals surface area contributed by atoms with Crippen LogP contribution in [0.15, 0.2) is 77.1 Å². The van der Waals surface area contributed by atoms with Gasteiger partial charge in [0, 0.05) is 23.6 Å². The Morgan fingerprint density at radius 3 is 2.67 bits per heavy atom. The number of thioether (sulfide) groups is 1. The lowest BCUT2D eigenvalue weighted by atomic mass is 10.2. The summed E-state index contributed by atoms with van der Waals surface area (Å²) in [4.78, 5) is 8.66. The standard InChI is InChI=1S/C18H16N4OS/c23-16-9-5-4-8-15(16)12-20-22-17-10-11-19-18(21-17)24-13-14-6-2-1-3-7-14/h1-12,23H,13H2,(H,19,21,22)/b20-12+. The molecule has 0 unspecified atom stereocenters.